The Labute approximate surface area is 130 Å². The van der Waals surface area contributed by atoms with Crippen molar-refractivity contribution < 1.29 is 9.59 Å². The summed E-state index contributed by atoms with van der Waals surface area (Å²) < 4.78 is 0. The predicted octanol–water partition coefficient (Wildman–Crippen LogP) is 3.05. The first-order chi connectivity index (χ1) is 10.1. The number of benzene rings is 1. The Hall–Kier alpha value is -1.49. The summed E-state index contributed by atoms with van der Waals surface area (Å²) in [6, 6.07) is 7.26. The van der Waals surface area contributed by atoms with Crippen LogP contribution in [0.2, 0.25) is 0 Å². The third-order valence-electron chi connectivity index (χ3n) is 3.79. The first-order valence-electron chi connectivity index (χ1n) is 7.31. The topological polar surface area (TPSA) is 58.2 Å². The number of carbonyl (C=O) groups excluding carboxylic acids is 2. The van der Waals surface area contributed by atoms with E-state index in [-0.39, 0.29) is 17.9 Å². The molecule has 21 heavy (non-hydrogen) atoms. The van der Waals surface area contributed by atoms with E-state index >= 15 is 0 Å². The zero-order chi connectivity index (χ0) is 15.2. The Morgan fingerprint density at radius 3 is 2.43 bits per heavy atom. The van der Waals surface area contributed by atoms with Gasteiger partial charge in [-0.25, -0.2) is 0 Å². The van der Waals surface area contributed by atoms with E-state index in [2.05, 4.69) is 16.9 Å². The molecule has 1 aromatic carbocycles. The maximum absolute atomic E-state index is 12.3. The van der Waals surface area contributed by atoms with Gasteiger partial charge in [0.1, 0.15) is 0 Å². The third kappa shape index (κ3) is 4.49. The second kappa shape index (κ2) is 7.50. The maximum Gasteiger partial charge on any atom is 0.251 e. The van der Waals surface area contributed by atoms with Crippen molar-refractivity contribution in [1.82, 2.24) is 5.32 Å². The van der Waals surface area contributed by atoms with Crippen LogP contribution in [0.1, 0.15) is 43.0 Å². The molecule has 0 bridgehead atoms. The molecule has 0 aromatic heterocycles. The molecule has 0 heterocycles. The van der Waals surface area contributed by atoms with Crippen LogP contribution in [0.4, 0.5) is 5.69 Å². The van der Waals surface area contributed by atoms with E-state index in [0.29, 0.717) is 16.5 Å². The standard InChI is InChI=1S/C16H22N2O2S/c1-11(19)17-13-9-7-12(8-10-13)16(20)18-14-5-3-4-6-15(14)21-2/h7-10,14-15H,3-6H2,1-2H3,(H,17,19)(H,18,20)/t14-,15-/m1/s1. The molecular weight excluding hydrogens is 284 g/mol. The molecule has 2 atom stereocenters. The summed E-state index contributed by atoms with van der Waals surface area (Å²) in [5.41, 5.74) is 1.34. The van der Waals surface area contributed by atoms with E-state index in [9.17, 15) is 9.59 Å². The average molecular weight is 306 g/mol. The number of hydrogen-bond acceptors (Lipinski definition) is 3. The van der Waals surface area contributed by atoms with Gasteiger partial charge in [-0.15, -0.1) is 0 Å². The molecule has 0 spiro atoms. The first kappa shape index (κ1) is 15.9. The number of rotatable bonds is 4. The van der Waals surface area contributed by atoms with Gasteiger partial charge in [0.05, 0.1) is 0 Å². The largest absolute Gasteiger partial charge is 0.348 e. The van der Waals surface area contributed by atoms with E-state index in [1.54, 1.807) is 24.3 Å². The zero-order valence-corrected chi connectivity index (χ0v) is 13.3. The van der Waals surface area contributed by atoms with Gasteiger partial charge in [0, 0.05) is 29.5 Å². The van der Waals surface area contributed by atoms with Gasteiger partial charge in [0.2, 0.25) is 5.91 Å². The fraction of sp³-hybridized carbons (Fsp3) is 0.500. The van der Waals surface area contributed by atoms with Crippen LogP contribution in [0, 0.1) is 0 Å². The van der Waals surface area contributed by atoms with E-state index in [1.807, 2.05) is 11.8 Å². The lowest BCUT2D eigenvalue weighted by Gasteiger charge is -2.30. The lowest BCUT2D eigenvalue weighted by atomic mass is 9.94. The Balaban J connectivity index is 1.97. The molecule has 2 N–H and O–H groups in total. The highest BCUT2D eigenvalue weighted by atomic mass is 32.2. The van der Waals surface area contributed by atoms with Gasteiger partial charge in [-0.1, -0.05) is 12.8 Å². The van der Waals surface area contributed by atoms with Gasteiger partial charge >= 0.3 is 0 Å². The van der Waals surface area contributed by atoms with Crippen LogP contribution in [-0.2, 0) is 4.79 Å². The van der Waals surface area contributed by atoms with Crippen molar-refractivity contribution in [1.29, 1.82) is 0 Å². The quantitative estimate of drug-likeness (QED) is 0.899. The summed E-state index contributed by atoms with van der Waals surface area (Å²) in [5, 5.41) is 6.36. The highest BCUT2D eigenvalue weighted by molar-refractivity contribution is 7.99. The summed E-state index contributed by atoms with van der Waals surface area (Å²) in [7, 11) is 0. The van der Waals surface area contributed by atoms with Gasteiger partial charge in [-0.2, -0.15) is 11.8 Å². The second-order valence-corrected chi connectivity index (χ2v) is 6.47. The van der Waals surface area contributed by atoms with Gasteiger partial charge in [0.15, 0.2) is 0 Å². The van der Waals surface area contributed by atoms with E-state index in [0.717, 1.165) is 6.42 Å². The maximum atomic E-state index is 12.3. The molecule has 1 aliphatic carbocycles. The van der Waals surface area contributed by atoms with Gasteiger partial charge in [-0.05, 0) is 43.4 Å². The molecule has 0 aliphatic heterocycles. The minimum absolute atomic E-state index is 0.0321. The first-order valence-corrected chi connectivity index (χ1v) is 8.60. The molecule has 1 saturated carbocycles. The SMILES string of the molecule is CS[C@@H]1CCCC[C@H]1NC(=O)c1ccc(NC(C)=O)cc1. The molecule has 2 rings (SSSR count). The molecule has 1 aliphatic rings. The lowest BCUT2D eigenvalue weighted by molar-refractivity contribution is -0.114. The third-order valence-corrected chi connectivity index (χ3v) is 4.96. The van der Waals surface area contributed by atoms with Crippen LogP contribution in [0.15, 0.2) is 24.3 Å². The van der Waals surface area contributed by atoms with Crippen LogP contribution in [0.25, 0.3) is 0 Å². The van der Waals surface area contributed by atoms with Crippen molar-refractivity contribution in [3.05, 3.63) is 29.8 Å². The van der Waals surface area contributed by atoms with Crippen molar-refractivity contribution in [2.24, 2.45) is 0 Å². The van der Waals surface area contributed by atoms with Crippen LogP contribution >= 0.6 is 11.8 Å². The molecule has 0 radical (unpaired) electrons. The molecule has 0 saturated heterocycles. The fourth-order valence-electron chi connectivity index (χ4n) is 2.70. The molecule has 2 amide bonds. The summed E-state index contributed by atoms with van der Waals surface area (Å²) in [6.07, 6.45) is 6.78. The van der Waals surface area contributed by atoms with Crippen LogP contribution < -0.4 is 10.6 Å². The number of nitrogens with one attached hydrogen (secondary N) is 2. The molecule has 114 valence electrons. The number of hydrogen-bond donors (Lipinski definition) is 2. The molecule has 1 aromatic rings. The van der Waals surface area contributed by atoms with Gasteiger partial charge in [0.25, 0.3) is 5.91 Å². The minimum Gasteiger partial charge on any atom is -0.348 e. The van der Waals surface area contributed by atoms with E-state index in [1.165, 1.54) is 26.2 Å². The van der Waals surface area contributed by atoms with Crippen LogP contribution in [0.5, 0.6) is 0 Å². The molecule has 1 fully saturated rings. The van der Waals surface area contributed by atoms with Gasteiger partial charge in [-0.3, -0.25) is 9.59 Å². The molecule has 0 unspecified atom stereocenters. The van der Waals surface area contributed by atoms with Crippen molar-refractivity contribution in [2.75, 3.05) is 11.6 Å². The van der Waals surface area contributed by atoms with E-state index < -0.39 is 0 Å². The molecule has 5 heteroatoms. The Morgan fingerprint density at radius 2 is 1.81 bits per heavy atom. The second-order valence-electron chi connectivity index (χ2n) is 5.40. The van der Waals surface area contributed by atoms with Crippen molar-refractivity contribution in [2.45, 2.75) is 43.9 Å². The van der Waals surface area contributed by atoms with Crippen LogP contribution in [0.3, 0.4) is 0 Å². The average Bonchev–Trinajstić information content (AvgIpc) is 2.48. The predicted molar refractivity (Wildman–Crippen MR) is 87.8 cm³/mol. The normalized spacial score (nSPS) is 21.6. The minimum atomic E-state index is -0.114. The number of anilines is 1. The lowest BCUT2D eigenvalue weighted by Crippen LogP contribution is -2.43. The summed E-state index contributed by atoms with van der Waals surface area (Å²) in [5.74, 6) is -0.146. The molecular formula is C16H22N2O2S. The summed E-state index contributed by atoms with van der Waals surface area (Å²) in [4.78, 5) is 23.3. The fourth-order valence-corrected chi connectivity index (χ4v) is 3.64. The smallest absolute Gasteiger partial charge is 0.251 e. The Bertz CT molecular complexity index is 502. The Kier molecular flexibility index (Phi) is 5.67. The van der Waals surface area contributed by atoms with Crippen molar-refractivity contribution in [3.8, 4) is 0 Å². The monoisotopic (exact) mass is 306 g/mol. The number of thioether (sulfide) groups is 1. The van der Waals surface area contributed by atoms with Crippen LogP contribution in [-0.4, -0.2) is 29.4 Å². The highest BCUT2D eigenvalue weighted by Crippen LogP contribution is 2.27. The Morgan fingerprint density at radius 1 is 1.14 bits per heavy atom. The van der Waals surface area contributed by atoms with Gasteiger partial charge < -0.3 is 10.6 Å². The van der Waals surface area contributed by atoms with E-state index in [4.69, 9.17) is 0 Å². The molecule has 4 nitrogen and oxygen atoms in total. The number of amides is 2. The number of carbonyl (C=O) groups is 2. The van der Waals surface area contributed by atoms with Crippen molar-refractivity contribution in [3.63, 3.8) is 0 Å². The summed E-state index contributed by atoms with van der Waals surface area (Å²) >= 11 is 1.84. The highest BCUT2D eigenvalue weighted by Gasteiger charge is 2.25. The van der Waals surface area contributed by atoms with Crippen molar-refractivity contribution >= 4 is 29.3 Å². The zero-order valence-electron chi connectivity index (χ0n) is 12.5. The summed E-state index contributed by atoms with van der Waals surface area (Å²) in [6.45, 7) is 1.46.